The number of carboxylic acid groups (broad SMARTS) is 1. The Morgan fingerprint density at radius 3 is 3.00 bits per heavy atom. The smallest absolute Gasteiger partial charge is 0.309 e. The average Bonchev–Trinajstić information content (AvgIpc) is 2.44. The highest BCUT2D eigenvalue weighted by Gasteiger charge is 2.05. The fraction of sp³-hybridized carbons (Fsp3) is 0.125. The molecule has 2 aromatic rings. The van der Waals surface area contributed by atoms with Crippen LogP contribution in [0.2, 0.25) is 0 Å². The van der Waals surface area contributed by atoms with E-state index in [2.05, 4.69) is 9.97 Å². The van der Waals surface area contributed by atoms with Crippen LogP contribution in [-0.4, -0.2) is 25.4 Å². The van der Waals surface area contributed by atoms with E-state index in [-0.39, 0.29) is 18.8 Å². The third-order valence-corrected chi connectivity index (χ3v) is 1.62. The van der Waals surface area contributed by atoms with Crippen LogP contribution in [0.4, 0.5) is 0 Å². The number of rotatable bonds is 2. The maximum atomic E-state index is 10.4. The molecule has 2 aromatic heterocycles. The molecule has 0 bridgehead atoms. The lowest BCUT2D eigenvalue weighted by Gasteiger charge is -1.85. The zero-order chi connectivity index (χ0) is 9.26. The Hall–Kier alpha value is -1.62. The summed E-state index contributed by atoms with van der Waals surface area (Å²) in [6.07, 6.45) is 4.99. The van der Waals surface area contributed by atoms with Crippen LogP contribution < -0.4 is 0 Å². The Bertz CT molecular complexity index is 422. The molecule has 0 saturated carbocycles. The van der Waals surface area contributed by atoms with Crippen LogP contribution >= 0.6 is 12.4 Å². The lowest BCUT2D eigenvalue weighted by atomic mass is 10.3. The third kappa shape index (κ3) is 2.00. The summed E-state index contributed by atoms with van der Waals surface area (Å²) in [6, 6.07) is 1.76. The van der Waals surface area contributed by atoms with Crippen molar-refractivity contribution in [2.24, 2.45) is 0 Å². The van der Waals surface area contributed by atoms with Crippen molar-refractivity contribution in [3.63, 3.8) is 0 Å². The number of imidazole rings is 1. The first-order valence-corrected chi connectivity index (χ1v) is 3.76. The van der Waals surface area contributed by atoms with Crippen molar-refractivity contribution >= 4 is 24.2 Å². The lowest BCUT2D eigenvalue weighted by molar-refractivity contribution is -0.136. The molecule has 5 nitrogen and oxygen atoms in total. The van der Waals surface area contributed by atoms with Gasteiger partial charge in [0.2, 0.25) is 5.78 Å². The fourth-order valence-electron chi connectivity index (χ4n) is 1.12. The van der Waals surface area contributed by atoms with Gasteiger partial charge in [-0.3, -0.25) is 9.20 Å². The van der Waals surface area contributed by atoms with E-state index in [1.165, 1.54) is 0 Å². The fourth-order valence-corrected chi connectivity index (χ4v) is 1.12. The Morgan fingerprint density at radius 1 is 1.57 bits per heavy atom. The molecule has 1 N–H and O–H groups in total. The molecule has 0 atom stereocenters. The summed E-state index contributed by atoms with van der Waals surface area (Å²) < 4.78 is 1.69. The normalized spacial score (nSPS) is 9.71. The van der Waals surface area contributed by atoms with Gasteiger partial charge in [-0.05, 0) is 6.07 Å². The van der Waals surface area contributed by atoms with E-state index in [0.717, 1.165) is 0 Å². The van der Waals surface area contributed by atoms with Crippen LogP contribution in [-0.2, 0) is 11.2 Å². The summed E-state index contributed by atoms with van der Waals surface area (Å²) in [5.74, 6) is -0.359. The predicted octanol–water partition coefficient (Wildman–Crippen LogP) is 0.778. The van der Waals surface area contributed by atoms with E-state index in [4.69, 9.17) is 5.11 Å². The highest BCUT2D eigenvalue weighted by Crippen LogP contribution is 2.01. The van der Waals surface area contributed by atoms with Crippen molar-refractivity contribution in [2.45, 2.75) is 6.42 Å². The average molecular weight is 214 g/mol. The van der Waals surface area contributed by atoms with Gasteiger partial charge in [0.25, 0.3) is 0 Å². The summed E-state index contributed by atoms with van der Waals surface area (Å²) in [4.78, 5) is 18.4. The summed E-state index contributed by atoms with van der Waals surface area (Å²) in [5.41, 5.74) is 0.520. The highest BCUT2D eigenvalue weighted by molar-refractivity contribution is 5.85. The van der Waals surface area contributed by atoms with Crippen molar-refractivity contribution in [3.05, 3.63) is 30.4 Å². The Balaban J connectivity index is 0.000000980. The Kier molecular flexibility index (Phi) is 3.03. The van der Waals surface area contributed by atoms with Crippen LogP contribution in [0.5, 0.6) is 0 Å². The molecular weight excluding hydrogens is 206 g/mol. The quantitative estimate of drug-likeness (QED) is 0.801. The molecule has 0 spiro atoms. The largest absolute Gasteiger partial charge is 0.481 e. The van der Waals surface area contributed by atoms with Gasteiger partial charge in [-0.25, -0.2) is 9.97 Å². The van der Waals surface area contributed by atoms with Crippen LogP contribution in [0.3, 0.4) is 0 Å². The third-order valence-electron chi connectivity index (χ3n) is 1.62. The van der Waals surface area contributed by atoms with Gasteiger partial charge in [0.15, 0.2) is 0 Å². The van der Waals surface area contributed by atoms with Gasteiger partial charge in [0, 0.05) is 18.6 Å². The molecule has 0 fully saturated rings. The zero-order valence-corrected chi connectivity index (χ0v) is 7.94. The van der Waals surface area contributed by atoms with Crippen LogP contribution in [0.25, 0.3) is 5.78 Å². The Morgan fingerprint density at radius 2 is 2.36 bits per heavy atom. The maximum Gasteiger partial charge on any atom is 0.309 e. The lowest BCUT2D eigenvalue weighted by Crippen LogP contribution is -1.99. The van der Waals surface area contributed by atoms with E-state index in [0.29, 0.717) is 11.5 Å². The summed E-state index contributed by atoms with van der Waals surface area (Å²) in [7, 11) is 0. The van der Waals surface area contributed by atoms with Crippen molar-refractivity contribution < 1.29 is 9.90 Å². The van der Waals surface area contributed by atoms with Gasteiger partial charge < -0.3 is 5.11 Å². The Labute approximate surface area is 85.8 Å². The number of halogens is 1. The molecule has 0 unspecified atom stereocenters. The number of aliphatic carboxylic acids is 1. The standard InChI is InChI=1S/C8H7N3O2.ClH/c12-7(13)4-6-5-11-3-1-2-9-8(11)10-6;/h1-3,5H,4H2,(H,12,13);1H. The van der Waals surface area contributed by atoms with E-state index in [1.54, 1.807) is 29.1 Å². The first-order chi connectivity index (χ1) is 6.25. The molecule has 0 aromatic carbocycles. The molecule has 0 radical (unpaired) electrons. The molecule has 0 aliphatic heterocycles. The SMILES string of the molecule is Cl.O=C(O)Cc1cn2cccnc2n1. The van der Waals surface area contributed by atoms with Gasteiger partial charge in [0.1, 0.15) is 0 Å². The maximum absolute atomic E-state index is 10.4. The van der Waals surface area contributed by atoms with E-state index >= 15 is 0 Å². The predicted molar refractivity (Wildman–Crippen MR) is 51.6 cm³/mol. The summed E-state index contributed by atoms with van der Waals surface area (Å²) in [5, 5.41) is 8.52. The van der Waals surface area contributed by atoms with Gasteiger partial charge in [-0.15, -0.1) is 12.4 Å². The van der Waals surface area contributed by atoms with Crippen molar-refractivity contribution in [1.29, 1.82) is 0 Å². The summed E-state index contributed by atoms with van der Waals surface area (Å²) in [6.45, 7) is 0. The number of fused-ring (bicyclic) bond motifs is 1. The van der Waals surface area contributed by atoms with Gasteiger partial charge >= 0.3 is 5.97 Å². The molecule has 74 valence electrons. The van der Waals surface area contributed by atoms with Gasteiger partial charge in [-0.2, -0.15) is 0 Å². The minimum atomic E-state index is -0.886. The number of aromatic nitrogens is 3. The molecule has 0 aliphatic carbocycles. The second-order valence-corrected chi connectivity index (χ2v) is 2.63. The van der Waals surface area contributed by atoms with E-state index < -0.39 is 5.97 Å². The highest BCUT2D eigenvalue weighted by atomic mass is 35.5. The van der Waals surface area contributed by atoms with E-state index in [9.17, 15) is 4.79 Å². The van der Waals surface area contributed by atoms with E-state index in [1.807, 2.05) is 0 Å². The topological polar surface area (TPSA) is 67.5 Å². The van der Waals surface area contributed by atoms with Gasteiger partial charge in [-0.1, -0.05) is 0 Å². The van der Waals surface area contributed by atoms with Crippen LogP contribution in [0.1, 0.15) is 5.69 Å². The number of hydrogen-bond donors (Lipinski definition) is 1. The first kappa shape index (κ1) is 10.5. The molecule has 0 amide bonds. The molecular formula is C8H8ClN3O2. The summed E-state index contributed by atoms with van der Waals surface area (Å²) >= 11 is 0. The molecule has 2 heterocycles. The minimum absolute atomic E-state index is 0. The van der Waals surface area contributed by atoms with Crippen LogP contribution in [0.15, 0.2) is 24.7 Å². The van der Waals surface area contributed by atoms with Crippen LogP contribution in [0, 0.1) is 0 Å². The monoisotopic (exact) mass is 213 g/mol. The second-order valence-electron chi connectivity index (χ2n) is 2.63. The zero-order valence-electron chi connectivity index (χ0n) is 7.12. The second kappa shape index (κ2) is 4.06. The van der Waals surface area contributed by atoms with Gasteiger partial charge in [0.05, 0.1) is 12.1 Å². The molecule has 0 saturated heterocycles. The number of carboxylic acids is 1. The molecule has 2 rings (SSSR count). The van der Waals surface area contributed by atoms with Crippen molar-refractivity contribution in [3.8, 4) is 0 Å². The molecule has 6 heteroatoms. The molecule has 14 heavy (non-hydrogen) atoms. The molecule has 0 aliphatic rings. The number of hydrogen-bond acceptors (Lipinski definition) is 3. The van der Waals surface area contributed by atoms with Crippen molar-refractivity contribution in [1.82, 2.24) is 14.4 Å². The van der Waals surface area contributed by atoms with Crippen molar-refractivity contribution in [2.75, 3.05) is 0 Å². The number of nitrogens with zero attached hydrogens (tertiary/aromatic N) is 3. The first-order valence-electron chi connectivity index (χ1n) is 3.76. The minimum Gasteiger partial charge on any atom is -0.481 e. The number of carbonyl (C=O) groups is 1.